The summed E-state index contributed by atoms with van der Waals surface area (Å²) >= 11 is 0. The van der Waals surface area contributed by atoms with Crippen LogP contribution in [0.3, 0.4) is 0 Å². The lowest BCUT2D eigenvalue weighted by molar-refractivity contribution is 0.163. The molecule has 1 atom stereocenters. The molecule has 0 saturated heterocycles. The van der Waals surface area contributed by atoms with Crippen molar-refractivity contribution in [1.82, 2.24) is 4.98 Å². The smallest absolute Gasteiger partial charge is 0.213 e. The number of aromatic nitrogens is 1. The normalized spacial score (nSPS) is 12.9. The summed E-state index contributed by atoms with van der Waals surface area (Å²) in [6.45, 7) is 6.81. The molecule has 1 unspecified atom stereocenters. The summed E-state index contributed by atoms with van der Waals surface area (Å²) in [5, 5.41) is 0. The molecule has 3 heteroatoms. The highest BCUT2D eigenvalue weighted by Crippen LogP contribution is 2.14. The minimum atomic E-state index is 0.176. The fourth-order valence-electron chi connectivity index (χ4n) is 0.968. The van der Waals surface area contributed by atoms with Gasteiger partial charge in [-0.3, -0.25) is 0 Å². The van der Waals surface area contributed by atoms with Crippen molar-refractivity contribution in [2.45, 2.75) is 33.4 Å². The van der Waals surface area contributed by atoms with Crippen LogP contribution in [0.5, 0.6) is 5.88 Å². The van der Waals surface area contributed by atoms with Crippen molar-refractivity contribution in [2.75, 3.05) is 0 Å². The summed E-state index contributed by atoms with van der Waals surface area (Å²) < 4.78 is 5.65. The highest BCUT2D eigenvalue weighted by atomic mass is 16.5. The molecule has 0 aliphatic carbocycles. The molecule has 0 aromatic carbocycles. The number of nitrogens with two attached hydrogens (primary N) is 1. The van der Waals surface area contributed by atoms with Gasteiger partial charge < -0.3 is 10.5 Å². The van der Waals surface area contributed by atoms with Gasteiger partial charge in [-0.25, -0.2) is 4.98 Å². The number of ether oxygens (including phenoxy) is 1. The van der Waals surface area contributed by atoms with Gasteiger partial charge >= 0.3 is 0 Å². The Labute approximate surface area is 85.3 Å². The first-order valence-electron chi connectivity index (χ1n) is 4.95. The maximum atomic E-state index is 5.65. The van der Waals surface area contributed by atoms with E-state index in [1.165, 1.54) is 0 Å². The topological polar surface area (TPSA) is 48.1 Å². The van der Waals surface area contributed by atoms with Crippen LogP contribution < -0.4 is 10.5 Å². The van der Waals surface area contributed by atoms with Gasteiger partial charge in [-0.1, -0.05) is 13.8 Å². The van der Waals surface area contributed by atoms with E-state index in [4.69, 9.17) is 10.5 Å². The number of hydrogen-bond donors (Lipinski definition) is 1. The minimum Gasteiger partial charge on any atom is -0.474 e. The van der Waals surface area contributed by atoms with E-state index in [0.29, 0.717) is 18.3 Å². The van der Waals surface area contributed by atoms with Crippen LogP contribution in [-0.4, -0.2) is 11.1 Å². The van der Waals surface area contributed by atoms with Crippen LogP contribution in [0.25, 0.3) is 0 Å². The molecule has 0 bridgehead atoms. The predicted octanol–water partition coefficient (Wildman–Crippen LogP) is 1.96. The maximum absolute atomic E-state index is 5.65. The van der Waals surface area contributed by atoms with Crippen LogP contribution >= 0.6 is 0 Å². The molecular weight excluding hydrogens is 176 g/mol. The fourth-order valence-corrected chi connectivity index (χ4v) is 0.968. The number of hydrogen-bond acceptors (Lipinski definition) is 3. The molecule has 0 amide bonds. The van der Waals surface area contributed by atoms with Crippen LogP contribution in [0.4, 0.5) is 0 Å². The van der Waals surface area contributed by atoms with Crippen LogP contribution in [0, 0.1) is 5.92 Å². The molecule has 0 fully saturated rings. The van der Waals surface area contributed by atoms with Gasteiger partial charge in [-0.05, 0) is 24.5 Å². The van der Waals surface area contributed by atoms with E-state index in [9.17, 15) is 0 Å². The average Bonchev–Trinajstić information content (AvgIpc) is 2.18. The Balaban J connectivity index is 2.66. The summed E-state index contributed by atoms with van der Waals surface area (Å²) in [6.07, 6.45) is 1.90. The molecule has 0 spiro atoms. The Kier molecular flexibility index (Phi) is 3.89. The highest BCUT2D eigenvalue weighted by Gasteiger charge is 2.09. The minimum absolute atomic E-state index is 0.176. The second-order valence-corrected chi connectivity index (χ2v) is 3.77. The van der Waals surface area contributed by atoms with Crippen LogP contribution in [0.15, 0.2) is 18.3 Å². The molecule has 0 saturated carbocycles. The van der Waals surface area contributed by atoms with E-state index in [0.717, 1.165) is 5.56 Å². The summed E-state index contributed by atoms with van der Waals surface area (Å²) in [5.41, 5.74) is 6.57. The van der Waals surface area contributed by atoms with Gasteiger partial charge in [0.1, 0.15) is 0 Å². The van der Waals surface area contributed by atoms with Crippen LogP contribution in [0.1, 0.15) is 26.3 Å². The van der Waals surface area contributed by atoms with Gasteiger partial charge in [0.2, 0.25) is 5.88 Å². The monoisotopic (exact) mass is 194 g/mol. The molecular formula is C11H18N2O. The van der Waals surface area contributed by atoms with Gasteiger partial charge in [0.15, 0.2) is 0 Å². The molecule has 1 aromatic heterocycles. The second-order valence-electron chi connectivity index (χ2n) is 3.77. The third kappa shape index (κ3) is 3.00. The molecule has 1 rings (SSSR count). The Morgan fingerprint density at radius 3 is 2.71 bits per heavy atom. The van der Waals surface area contributed by atoms with Crippen LogP contribution in [0.2, 0.25) is 0 Å². The Hall–Kier alpha value is -1.09. The van der Waals surface area contributed by atoms with Gasteiger partial charge in [0.05, 0.1) is 6.10 Å². The van der Waals surface area contributed by atoms with Gasteiger partial charge in [0, 0.05) is 18.8 Å². The van der Waals surface area contributed by atoms with Crippen molar-refractivity contribution < 1.29 is 4.74 Å². The first kappa shape index (κ1) is 11.0. The Morgan fingerprint density at radius 1 is 1.43 bits per heavy atom. The van der Waals surface area contributed by atoms with Crippen molar-refractivity contribution in [3.05, 3.63) is 23.9 Å². The van der Waals surface area contributed by atoms with E-state index in [-0.39, 0.29) is 6.10 Å². The predicted molar refractivity (Wildman–Crippen MR) is 57.1 cm³/mol. The maximum Gasteiger partial charge on any atom is 0.213 e. The molecule has 1 heterocycles. The number of nitrogens with zero attached hydrogens (tertiary/aromatic N) is 1. The standard InChI is InChI=1S/C11H18N2O/c1-8(2)9(3)14-11-6-10(7-12)4-5-13-11/h4-6,8-9H,7,12H2,1-3H3. The Morgan fingerprint density at radius 2 is 2.14 bits per heavy atom. The number of rotatable bonds is 4. The van der Waals surface area contributed by atoms with E-state index in [2.05, 4.69) is 18.8 Å². The summed E-state index contributed by atoms with van der Waals surface area (Å²) in [4.78, 5) is 4.13. The zero-order valence-corrected chi connectivity index (χ0v) is 9.03. The third-order valence-corrected chi connectivity index (χ3v) is 2.28. The lowest BCUT2D eigenvalue weighted by Gasteiger charge is -2.17. The number of pyridine rings is 1. The first-order chi connectivity index (χ1) is 6.63. The Bertz CT molecular complexity index is 286. The zero-order valence-electron chi connectivity index (χ0n) is 9.03. The highest BCUT2D eigenvalue weighted by molar-refractivity contribution is 5.20. The quantitative estimate of drug-likeness (QED) is 0.797. The molecule has 3 nitrogen and oxygen atoms in total. The first-order valence-corrected chi connectivity index (χ1v) is 4.95. The van der Waals surface area contributed by atoms with Gasteiger partial charge in [-0.2, -0.15) is 0 Å². The van der Waals surface area contributed by atoms with E-state index in [1.807, 2.05) is 19.1 Å². The second kappa shape index (κ2) is 4.96. The van der Waals surface area contributed by atoms with Crippen molar-refractivity contribution >= 4 is 0 Å². The molecule has 0 aliphatic rings. The summed E-state index contributed by atoms with van der Waals surface area (Å²) in [7, 11) is 0. The van der Waals surface area contributed by atoms with E-state index >= 15 is 0 Å². The van der Waals surface area contributed by atoms with Crippen molar-refractivity contribution in [3.8, 4) is 5.88 Å². The van der Waals surface area contributed by atoms with Crippen LogP contribution in [-0.2, 0) is 6.54 Å². The third-order valence-electron chi connectivity index (χ3n) is 2.28. The SMILES string of the molecule is CC(C)C(C)Oc1cc(CN)ccn1. The van der Waals surface area contributed by atoms with Gasteiger partial charge in [0.25, 0.3) is 0 Å². The van der Waals surface area contributed by atoms with Gasteiger partial charge in [-0.15, -0.1) is 0 Å². The molecule has 1 aromatic rings. The fraction of sp³-hybridized carbons (Fsp3) is 0.545. The summed E-state index contributed by atoms with van der Waals surface area (Å²) in [6, 6.07) is 3.78. The molecule has 0 aliphatic heterocycles. The lowest BCUT2D eigenvalue weighted by atomic mass is 10.1. The van der Waals surface area contributed by atoms with Crippen molar-refractivity contribution in [3.63, 3.8) is 0 Å². The molecule has 78 valence electrons. The van der Waals surface area contributed by atoms with Crippen molar-refractivity contribution in [2.24, 2.45) is 11.7 Å². The van der Waals surface area contributed by atoms with E-state index < -0.39 is 0 Å². The largest absolute Gasteiger partial charge is 0.474 e. The van der Waals surface area contributed by atoms with Crippen molar-refractivity contribution in [1.29, 1.82) is 0 Å². The lowest BCUT2D eigenvalue weighted by Crippen LogP contribution is -2.19. The molecule has 0 radical (unpaired) electrons. The molecule has 2 N–H and O–H groups in total. The average molecular weight is 194 g/mol. The summed E-state index contributed by atoms with van der Waals surface area (Å²) in [5.74, 6) is 1.15. The zero-order chi connectivity index (χ0) is 10.6. The van der Waals surface area contributed by atoms with E-state index in [1.54, 1.807) is 6.20 Å². The molecule has 14 heavy (non-hydrogen) atoms.